The molecule has 1 aromatic heterocycles. The molecule has 0 spiro atoms. The van der Waals surface area contributed by atoms with Crippen molar-refractivity contribution in [3.05, 3.63) is 10.6 Å². The Bertz CT molecular complexity index is 487. The molecule has 2 N–H and O–H groups in total. The lowest BCUT2D eigenvalue weighted by atomic mass is 10.0. The number of carbonyl (C=O) groups is 1. The number of amides is 1. The highest BCUT2D eigenvalue weighted by atomic mass is 32.1. The Morgan fingerprint density at radius 3 is 3.11 bits per heavy atom. The third-order valence-corrected chi connectivity index (χ3v) is 3.57. The quantitative estimate of drug-likeness (QED) is 0.805. The number of hydrogen-bond donors (Lipinski definition) is 2. The Balaban J connectivity index is 1.99. The number of nitrogens with one attached hydrogen (secondary N) is 2. The number of rotatable bonds is 4. The number of ether oxygens (including phenoxy) is 1. The van der Waals surface area contributed by atoms with Gasteiger partial charge in [0.2, 0.25) is 0 Å². The van der Waals surface area contributed by atoms with Crippen molar-refractivity contribution >= 4 is 18.1 Å². The molecule has 1 atom stereocenters. The van der Waals surface area contributed by atoms with Crippen LogP contribution in [-0.2, 0) is 22.6 Å². The summed E-state index contributed by atoms with van der Waals surface area (Å²) in [4.78, 5) is 12.0. The molecular formula is C11H18N4O2S. The minimum absolute atomic E-state index is 0.0865. The molecule has 1 fully saturated rings. The fraction of sp³-hybridized carbons (Fsp3) is 0.727. The summed E-state index contributed by atoms with van der Waals surface area (Å²) < 4.78 is 7.91. The highest BCUT2D eigenvalue weighted by Gasteiger charge is 2.37. The molecule has 1 aromatic rings. The number of nitrogens with zero attached hydrogens (tertiary/aromatic N) is 2. The maximum absolute atomic E-state index is 12.0. The molecule has 6 nitrogen and oxygen atoms in total. The zero-order chi connectivity index (χ0) is 13.2. The molecule has 1 aliphatic rings. The summed E-state index contributed by atoms with van der Waals surface area (Å²) in [6.07, 6.45) is 1.69. The van der Waals surface area contributed by atoms with Gasteiger partial charge in [-0.3, -0.25) is 9.89 Å². The van der Waals surface area contributed by atoms with Gasteiger partial charge in [-0.1, -0.05) is 0 Å². The van der Waals surface area contributed by atoms with Crippen LogP contribution in [-0.4, -0.2) is 32.9 Å². The second-order valence-corrected chi connectivity index (χ2v) is 4.94. The Morgan fingerprint density at radius 1 is 1.72 bits per heavy atom. The maximum atomic E-state index is 12.0. The summed E-state index contributed by atoms with van der Waals surface area (Å²) in [5.74, 6) is 0.647. The smallest absolute Gasteiger partial charge is 0.252 e. The normalized spacial score (nSPS) is 23.2. The summed E-state index contributed by atoms with van der Waals surface area (Å²) in [6.45, 7) is 5.55. The molecule has 1 aliphatic heterocycles. The van der Waals surface area contributed by atoms with Crippen LogP contribution in [0.2, 0.25) is 0 Å². The first-order chi connectivity index (χ1) is 8.57. The van der Waals surface area contributed by atoms with E-state index in [9.17, 15) is 4.79 Å². The molecule has 1 amide bonds. The fourth-order valence-electron chi connectivity index (χ4n) is 2.12. The largest absolute Gasteiger partial charge is 0.365 e. The lowest BCUT2D eigenvalue weighted by Gasteiger charge is -2.21. The third-order valence-electron chi connectivity index (χ3n) is 3.26. The number of H-pyrrole nitrogens is 1. The van der Waals surface area contributed by atoms with Crippen LogP contribution in [0.15, 0.2) is 0 Å². The summed E-state index contributed by atoms with van der Waals surface area (Å²) >= 11 is 5.09. The first-order valence-corrected chi connectivity index (χ1v) is 6.54. The molecule has 0 saturated carbocycles. The molecule has 0 aliphatic carbocycles. The van der Waals surface area contributed by atoms with Gasteiger partial charge in [-0.2, -0.15) is 5.10 Å². The van der Waals surface area contributed by atoms with Crippen LogP contribution < -0.4 is 5.32 Å². The standard InChI is InChI=1S/C11H18N4O2S/c1-3-15-8(13-14-10(15)18)7-12-9(16)11(2)5-4-6-17-11/h3-7H2,1-2H3,(H,12,16)(H,14,18)/t11-/m1/s1. The number of aromatic nitrogens is 3. The van der Waals surface area contributed by atoms with Crippen molar-refractivity contribution in [3.8, 4) is 0 Å². The second-order valence-electron chi connectivity index (χ2n) is 4.55. The van der Waals surface area contributed by atoms with Gasteiger partial charge in [0.1, 0.15) is 5.60 Å². The van der Waals surface area contributed by atoms with Crippen molar-refractivity contribution in [2.75, 3.05) is 6.61 Å². The van der Waals surface area contributed by atoms with E-state index in [0.29, 0.717) is 17.9 Å². The Kier molecular flexibility index (Phi) is 3.82. The van der Waals surface area contributed by atoms with Gasteiger partial charge in [-0.05, 0) is 38.9 Å². The summed E-state index contributed by atoms with van der Waals surface area (Å²) in [5.41, 5.74) is -0.690. The first kappa shape index (κ1) is 13.2. The predicted octanol–water partition coefficient (Wildman–Crippen LogP) is 1.15. The van der Waals surface area contributed by atoms with Gasteiger partial charge in [0.05, 0.1) is 6.54 Å². The highest BCUT2D eigenvalue weighted by Crippen LogP contribution is 2.24. The van der Waals surface area contributed by atoms with E-state index in [0.717, 1.165) is 25.2 Å². The Hall–Kier alpha value is -1.21. The molecule has 2 rings (SSSR count). The lowest BCUT2D eigenvalue weighted by Crippen LogP contribution is -2.43. The third kappa shape index (κ3) is 2.46. The molecule has 100 valence electrons. The molecule has 0 bridgehead atoms. The van der Waals surface area contributed by atoms with E-state index in [1.54, 1.807) is 0 Å². The zero-order valence-electron chi connectivity index (χ0n) is 10.7. The van der Waals surface area contributed by atoms with Gasteiger partial charge in [0, 0.05) is 13.2 Å². The average Bonchev–Trinajstić information content (AvgIpc) is 2.93. The highest BCUT2D eigenvalue weighted by molar-refractivity contribution is 7.71. The Morgan fingerprint density at radius 2 is 2.50 bits per heavy atom. The topological polar surface area (TPSA) is 71.9 Å². The summed E-state index contributed by atoms with van der Waals surface area (Å²) in [6, 6.07) is 0. The number of hydrogen-bond acceptors (Lipinski definition) is 4. The molecule has 2 heterocycles. The van der Waals surface area contributed by atoms with Gasteiger partial charge in [0.15, 0.2) is 10.6 Å². The van der Waals surface area contributed by atoms with Crippen LogP contribution >= 0.6 is 12.2 Å². The zero-order valence-corrected chi connectivity index (χ0v) is 11.5. The van der Waals surface area contributed by atoms with Gasteiger partial charge >= 0.3 is 0 Å². The van der Waals surface area contributed by atoms with Crippen molar-refractivity contribution in [2.24, 2.45) is 0 Å². The van der Waals surface area contributed by atoms with Crippen LogP contribution in [0.4, 0.5) is 0 Å². The average molecular weight is 270 g/mol. The Labute approximate surface area is 111 Å². The fourth-order valence-corrected chi connectivity index (χ4v) is 2.40. The van der Waals surface area contributed by atoms with Crippen LogP contribution in [0.3, 0.4) is 0 Å². The van der Waals surface area contributed by atoms with Crippen molar-refractivity contribution in [1.82, 2.24) is 20.1 Å². The second kappa shape index (κ2) is 5.19. The van der Waals surface area contributed by atoms with Gasteiger partial charge in [-0.25, -0.2) is 0 Å². The van der Waals surface area contributed by atoms with E-state index in [4.69, 9.17) is 17.0 Å². The SMILES string of the molecule is CCn1c(CNC(=O)[C@@]2(C)CCCO2)n[nH]c1=S. The molecule has 18 heavy (non-hydrogen) atoms. The molecule has 7 heteroatoms. The summed E-state index contributed by atoms with van der Waals surface area (Å²) in [5, 5.41) is 9.68. The van der Waals surface area contributed by atoms with Crippen molar-refractivity contribution in [3.63, 3.8) is 0 Å². The van der Waals surface area contributed by atoms with Crippen molar-refractivity contribution < 1.29 is 9.53 Å². The maximum Gasteiger partial charge on any atom is 0.252 e. The minimum atomic E-state index is -0.690. The monoisotopic (exact) mass is 270 g/mol. The minimum Gasteiger partial charge on any atom is -0.365 e. The summed E-state index contributed by atoms with van der Waals surface area (Å²) in [7, 11) is 0. The van der Waals surface area contributed by atoms with Gasteiger partial charge in [0.25, 0.3) is 5.91 Å². The van der Waals surface area contributed by atoms with Crippen LogP contribution in [0.25, 0.3) is 0 Å². The van der Waals surface area contributed by atoms with Crippen molar-refractivity contribution in [1.29, 1.82) is 0 Å². The van der Waals surface area contributed by atoms with E-state index in [2.05, 4.69) is 15.5 Å². The molecule has 1 saturated heterocycles. The van der Waals surface area contributed by atoms with Gasteiger partial charge in [-0.15, -0.1) is 0 Å². The van der Waals surface area contributed by atoms with Crippen LogP contribution in [0.1, 0.15) is 32.5 Å². The van der Waals surface area contributed by atoms with E-state index in [-0.39, 0.29) is 5.91 Å². The van der Waals surface area contributed by atoms with E-state index < -0.39 is 5.60 Å². The van der Waals surface area contributed by atoms with E-state index >= 15 is 0 Å². The van der Waals surface area contributed by atoms with E-state index in [1.165, 1.54) is 0 Å². The molecule has 0 unspecified atom stereocenters. The molecule has 0 radical (unpaired) electrons. The van der Waals surface area contributed by atoms with Gasteiger partial charge < -0.3 is 14.6 Å². The molecular weight excluding hydrogens is 252 g/mol. The van der Waals surface area contributed by atoms with E-state index in [1.807, 2.05) is 18.4 Å². The number of carbonyl (C=O) groups excluding carboxylic acids is 1. The van der Waals surface area contributed by atoms with Crippen LogP contribution in [0.5, 0.6) is 0 Å². The number of aromatic amines is 1. The van der Waals surface area contributed by atoms with Crippen LogP contribution in [0, 0.1) is 4.77 Å². The molecule has 0 aromatic carbocycles. The van der Waals surface area contributed by atoms with Crippen molar-refractivity contribution in [2.45, 2.75) is 45.4 Å². The first-order valence-electron chi connectivity index (χ1n) is 6.13. The lowest BCUT2D eigenvalue weighted by molar-refractivity contribution is -0.139. The predicted molar refractivity (Wildman–Crippen MR) is 68.5 cm³/mol.